The van der Waals surface area contributed by atoms with Crippen LogP contribution in [0.3, 0.4) is 0 Å². The summed E-state index contributed by atoms with van der Waals surface area (Å²) in [5.74, 6) is 0.420. The maximum absolute atomic E-state index is 11.6. The summed E-state index contributed by atoms with van der Waals surface area (Å²) in [6.07, 6.45) is 1.23. The minimum atomic E-state index is -0.558. The third-order valence-electron chi connectivity index (χ3n) is 3.77. The van der Waals surface area contributed by atoms with Crippen LogP contribution in [0.2, 0.25) is 0 Å². The predicted octanol–water partition coefficient (Wildman–Crippen LogP) is 5.30. The molecule has 0 saturated carbocycles. The summed E-state index contributed by atoms with van der Waals surface area (Å²) in [5.41, 5.74) is 2.46. The number of aryl methyl sites for hydroxylation is 2. The van der Waals surface area contributed by atoms with Crippen LogP contribution in [0.1, 0.15) is 11.1 Å². The number of nitrogens with one attached hydrogen (secondary N) is 1. The van der Waals surface area contributed by atoms with Crippen LogP contribution in [0.4, 0.5) is 17.2 Å². The van der Waals surface area contributed by atoms with Crippen LogP contribution < -0.4 is 10.1 Å². The normalized spacial score (nSPS) is 10.4. The van der Waals surface area contributed by atoms with Crippen molar-refractivity contribution in [1.29, 1.82) is 0 Å². The second-order valence-corrected chi connectivity index (χ2v) is 6.53. The molecular weight excluding hydrogens is 400 g/mol. The number of nitrogens with zero attached hydrogens (tertiary/aromatic N) is 3. The molecular formula is C18H15BrN4O3. The topological polar surface area (TPSA) is 90.2 Å². The number of anilines is 2. The summed E-state index contributed by atoms with van der Waals surface area (Å²) in [6, 6.07) is 12.6. The second kappa shape index (κ2) is 7.49. The summed E-state index contributed by atoms with van der Waals surface area (Å²) >= 11 is 3.35. The molecule has 1 N–H and O–H groups in total. The van der Waals surface area contributed by atoms with Crippen molar-refractivity contribution < 1.29 is 9.66 Å². The van der Waals surface area contributed by atoms with E-state index in [4.69, 9.17) is 4.74 Å². The van der Waals surface area contributed by atoms with Crippen molar-refractivity contribution in [2.24, 2.45) is 0 Å². The van der Waals surface area contributed by atoms with Crippen molar-refractivity contribution in [1.82, 2.24) is 9.97 Å². The molecule has 26 heavy (non-hydrogen) atoms. The molecule has 3 rings (SSSR count). The molecule has 132 valence electrons. The van der Waals surface area contributed by atoms with E-state index >= 15 is 0 Å². The van der Waals surface area contributed by atoms with Gasteiger partial charge in [0.05, 0.1) is 4.92 Å². The van der Waals surface area contributed by atoms with Gasteiger partial charge in [0.2, 0.25) is 5.82 Å². The summed E-state index contributed by atoms with van der Waals surface area (Å²) < 4.78 is 6.57. The Morgan fingerprint density at radius 3 is 2.46 bits per heavy atom. The maximum atomic E-state index is 11.6. The highest BCUT2D eigenvalue weighted by atomic mass is 79.9. The Morgan fingerprint density at radius 1 is 1.08 bits per heavy atom. The number of aromatic nitrogens is 2. The van der Waals surface area contributed by atoms with E-state index in [1.165, 1.54) is 6.33 Å². The van der Waals surface area contributed by atoms with Crippen molar-refractivity contribution >= 4 is 33.1 Å². The van der Waals surface area contributed by atoms with Crippen LogP contribution >= 0.6 is 15.9 Å². The van der Waals surface area contributed by atoms with Gasteiger partial charge in [-0.25, -0.2) is 4.98 Å². The molecule has 0 radical (unpaired) electrons. The van der Waals surface area contributed by atoms with Gasteiger partial charge in [-0.15, -0.1) is 0 Å². The van der Waals surface area contributed by atoms with Gasteiger partial charge in [0.25, 0.3) is 0 Å². The highest BCUT2D eigenvalue weighted by molar-refractivity contribution is 9.10. The number of halogens is 1. The van der Waals surface area contributed by atoms with Crippen LogP contribution in [0.5, 0.6) is 11.6 Å². The summed E-state index contributed by atoms with van der Waals surface area (Å²) in [5, 5.41) is 14.5. The number of hydrogen-bond acceptors (Lipinski definition) is 6. The minimum Gasteiger partial charge on any atom is -0.434 e. The quantitative estimate of drug-likeness (QED) is 0.449. The van der Waals surface area contributed by atoms with Crippen LogP contribution in [0.25, 0.3) is 0 Å². The Labute approximate surface area is 158 Å². The van der Waals surface area contributed by atoms with Gasteiger partial charge in [-0.1, -0.05) is 22.0 Å². The molecule has 0 aliphatic rings. The molecule has 1 heterocycles. The van der Waals surface area contributed by atoms with Crippen molar-refractivity contribution in [3.05, 3.63) is 74.5 Å². The van der Waals surface area contributed by atoms with E-state index in [1.54, 1.807) is 18.2 Å². The first-order chi connectivity index (χ1) is 12.4. The molecule has 7 nitrogen and oxygen atoms in total. The first-order valence-electron chi connectivity index (χ1n) is 7.71. The van der Waals surface area contributed by atoms with Gasteiger partial charge < -0.3 is 10.1 Å². The van der Waals surface area contributed by atoms with Crippen molar-refractivity contribution in [3.63, 3.8) is 0 Å². The highest BCUT2D eigenvalue weighted by Gasteiger charge is 2.25. The molecule has 0 amide bonds. The molecule has 8 heteroatoms. The van der Waals surface area contributed by atoms with Gasteiger partial charge in [0.15, 0.2) is 0 Å². The molecule has 0 aliphatic heterocycles. The number of nitro groups is 1. The van der Waals surface area contributed by atoms with E-state index in [0.717, 1.165) is 15.6 Å². The fraction of sp³-hybridized carbons (Fsp3) is 0.111. The monoisotopic (exact) mass is 414 g/mol. The predicted molar refractivity (Wildman–Crippen MR) is 102 cm³/mol. The first kappa shape index (κ1) is 17.8. The van der Waals surface area contributed by atoms with Crippen LogP contribution in [-0.4, -0.2) is 14.9 Å². The van der Waals surface area contributed by atoms with Gasteiger partial charge in [-0.2, -0.15) is 4.98 Å². The second-order valence-electron chi connectivity index (χ2n) is 5.61. The van der Waals surface area contributed by atoms with Crippen molar-refractivity contribution in [2.75, 3.05) is 5.32 Å². The fourth-order valence-electron chi connectivity index (χ4n) is 2.25. The molecule has 3 aromatic rings. The number of benzene rings is 2. The SMILES string of the molecule is Cc1ccc(Oc2ncnc(Nc3ccc(Br)cc3)c2[N+](=O)[O-])cc1C. The standard InChI is InChI=1S/C18H15BrN4O3/c1-11-3-8-15(9-12(11)2)26-18-16(23(24)25)17(20-10-21-18)22-14-6-4-13(19)5-7-14/h3-10H,1-2H3,(H,20,21,22). The molecule has 0 atom stereocenters. The lowest BCUT2D eigenvalue weighted by molar-refractivity contribution is -0.385. The smallest absolute Gasteiger partial charge is 0.373 e. The van der Waals surface area contributed by atoms with Crippen molar-refractivity contribution in [2.45, 2.75) is 13.8 Å². The van der Waals surface area contributed by atoms with E-state index in [9.17, 15) is 10.1 Å². The van der Waals surface area contributed by atoms with Gasteiger partial charge in [-0.05, 0) is 61.4 Å². The largest absolute Gasteiger partial charge is 0.434 e. The maximum Gasteiger partial charge on any atom is 0.373 e. The minimum absolute atomic E-state index is 0.0613. The summed E-state index contributed by atoms with van der Waals surface area (Å²) in [6.45, 7) is 3.92. The lowest BCUT2D eigenvalue weighted by Gasteiger charge is -2.10. The Balaban J connectivity index is 1.96. The fourth-order valence-corrected chi connectivity index (χ4v) is 2.52. The van der Waals surface area contributed by atoms with Gasteiger partial charge in [-0.3, -0.25) is 10.1 Å². The van der Waals surface area contributed by atoms with Crippen molar-refractivity contribution in [3.8, 4) is 11.6 Å². The number of rotatable bonds is 5. The average Bonchev–Trinajstić information content (AvgIpc) is 2.60. The van der Waals surface area contributed by atoms with Gasteiger partial charge in [0.1, 0.15) is 12.1 Å². The van der Waals surface area contributed by atoms with E-state index in [2.05, 4.69) is 31.2 Å². The zero-order chi connectivity index (χ0) is 18.7. The lowest BCUT2D eigenvalue weighted by atomic mass is 10.1. The van der Waals surface area contributed by atoms with Gasteiger partial charge >= 0.3 is 11.6 Å². The van der Waals surface area contributed by atoms with Crippen LogP contribution in [-0.2, 0) is 0 Å². The molecule has 0 bridgehead atoms. The third kappa shape index (κ3) is 3.97. The zero-order valence-electron chi connectivity index (χ0n) is 14.1. The average molecular weight is 415 g/mol. The Bertz CT molecular complexity index is 961. The molecule has 0 fully saturated rings. The van der Waals surface area contributed by atoms with Crippen LogP contribution in [0, 0.1) is 24.0 Å². The Morgan fingerprint density at radius 2 is 1.81 bits per heavy atom. The molecule has 2 aromatic carbocycles. The Hall–Kier alpha value is -3.00. The summed E-state index contributed by atoms with van der Waals surface area (Å²) in [4.78, 5) is 19.0. The number of hydrogen-bond donors (Lipinski definition) is 1. The first-order valence-corrected chi connectivity index (χ1v) is 8.50. The summed E-state index contributed by atoms with van der Waals surface area (Å²) in [7, 11) is 0. The third-order valence-corrected chi connectivity index (χ3v) is 4.30. The molecule has 1 aromatic heterocycles. The molecule has 0 unspecified atom stereocenters. The van der Waals surface area contributed by atoms with Crippen LogP contribution in [0.15, 0.2) is 53.3 Å². The number of ether oxygens (including phenoxy) is 1. The molecule has 0 saturated heterocycles. The van der Waals surface area contributed by atoms with E-state index in [0.29, 0.717) is 11.4 Å². The Kier molecular flexibility index (Phi) is 5.13. The molecule has 0 spiro atoms. The van der Waals surface area contributed by atoms with E-state index < -0.39 is 4.92 Å². The highest BCUT2D eigenvalue weighted by Crippen LogP contribution is 2.35. The lowest BCUT2D eigenvalue weighted by Crippen LogP contribution is -2.03. The van der Waals surface area contributed by atoms with E-state index in [1.807, 2.05) is 38.1 Å². The van der Waals surface area contributed by atoms with Gasteiger partial charge in [0, 0.05) is 10.2 Å². The van der Waals surface area contributed by atoms with E-state index in [-0.39, 0.29) is 17.4 Å². The molecule has 0 aliphatic carbocycles. The zero-order valence-corrected chi connectivity index (χ0v) is 15.6.